The smallest absolute Gasteiger partial charge is 0.422 e. The molecule has 1 unspecified atom stereocenters. The van der Waals surface area contributed by atoms with Crippen molar-refractivity contribution in [3.8, 4) is 6.07 Å². The number of alkyl halides is 3. The van der Waals surface area contributed by atoms with E-state index in [1.807, 2.05) is 5.32 Å². The molecule has 102 valence electrons. The Kier molecular flexibility index (Phi) is 4.10. The summed E-state index contributed by atoms with van der Waals surface area (Å²) in [5.41, 5.74) is -3.47. The molecule has 1 rings (SSSR count). The lowest BCUT2D eigenvalue weighted by molar-refractivity contribution is -0.192. The summed E-state index contributed by atoms with van der Waals surface area (Å²) in [7, 11) is 0. The predicted molar refractivity (Wildman–Crippen MR) is 64.6 cm³/mol. The molecular formula is C11H8BrF3N2O2. The molecule has 4 nitrogen and oxygen atoms in total. The second kappa shape index (κ2) is 5.09. The molecule has 0 bridgehead atoms. The van der Waals surface area contributed by atoms with Gasteiger partial charge in [-0.3, -0.25) is 0 Å². The molecule has 0 amide bonds. The maximum atomic E-state index is 12.8. The summed E-state index contributed by atoms with van der Waals surface area (Å²) in [6, 6.07) is 5.60. The van der Waals surface area contributed by atoms with Gasteiger partial charge in [0.15, 0.2) is 0 Å². The Morgan fingerprint density at radius 1 is 1.47 bits per heavy atom. The fourth-order valence-corrected chi connectivity index (χ4v) is 1.59. The lowest BCUT2D eigenvalue weighted by Gasteiger charge is -2.29. The van der Waals surface area contributed by atoms with Crippen molar-refractivity contribution in [2.75, 3.05) is 5.32 Å². The molecule has 1 aromatic carbocycles. The highest BCUT2D eigenvalue weighted by Crippen LogP contribution is 2.35. The van der Waals surface area contributed by atoms with Gasteiger partial charge in [-0.1, -0.05) is 15.9 Å². The molecule has 0 aliphatic carbocycles. The van der Waals surface area contributed by atoms with E-state index in [1.54, 1.807) is 6.07 Å². The summed E-state index contributed by atoms with van der Waals surface area (Å²) in [6.07, 6.45) is -5.02. The van der Waals surface area contributed by atoms with Crippen molar-refractivity contribution in [3.05, 3.63) is 28.2 Å². The first-order valence-corrected chi connectivity index (χ1v) is 5.69. The minimum Gasteiger partial charge on any atom is -0.479 e. The third kappa shape index (κ3) is 2.98. The van der Waals surface area contributed by atoms with Gasteiger partial charge >= 0.3 is 12.1 Å². The van der Waals surface area contributed by atoms with Crippen molar-refractivity contribution in [2.24, 2.45) is 0 Å². The van der Waals surface area contributed by atoms with Gasteiger partial charge in [0, 0.05) is 4.47 Å². The second-order valence-electron chi connectivity index (χ2n) is 3.85. The van der Waals surface area contributed by atoms with Gasteiger partial charge in [0.2, 0.25) is 5.54 Å². The van der Waals surface area contributed by atoms with Crippen LogP contribution in [0.4, 0.5) is 18.9 Å². The molecule has 1 aromatic rings. The van der Waals surface area contributed by atoms with Crippen molar-refractivity contribution in [2.45, 2.75) is 18.6 Å². The number of nitriles is 1. The average Bonchev–Trinajstić information content (AvgIpc) is 2.29. The normalized spacial score (nSPS) is 14.3. The van der Waals surface area contributed by atoms with E-state index >= 15 is 0 Å². The van der Waals surface area contributed by atoms with Crippen molar-refractivity contribution >= 4 is 27.6 Å². The molecule has 19 heavy (non-hydrogen) atoms. The number of halogens is 4. The first kappa shape index (κ1) is 15.3. The Morgan fingerprint density at radius 3 is 2.47 bits per heavy atom. The molecule has 0 heterocycles. The van der Waals surface area contributed by atoms with Crippen LogP contribution in [0.15, 0.2) is 22.7 Å². The highest BCUT2D eigenvalue weighted by molar-refractivity contribution is 9.10. The Morgan fingerprint density at radius 2 is 2.05 bits per heavy atom. The largest absolute Gasteiger partial charge is 0.479 e. The Balaban J connectivity index is 3.27. The Labute approximate surface area is 115 Å². The van der Waals surface area contributed by atoms with E-state index < -0.39 is 17.7 Å². The van der Waals surface area contributed by atoms with Gasteiger partial charge < -0.3 is 10.4 Å². The Hall–Kier alpha value is -1.75. The van der Waals surface area contributed by atoms with Gasteiger partial charge in [0.25, 0.3) is 0 Å². The molecule has 0 saturated heterocycles. The van der Waals surface area contributed by atoms with Gasteiger partial charge in [-0.25, -0.2) is 4.79 Å². The second-order valence-corrected chi connectivity index (χ2v) is 4.77. The van der Waals surface area contributed by atoms with Crippen LogP contribution in [0.1, 0.15) is 12.5 Å². The minimum atomic E-state index is -5.02. The zero-order valence-electron chi connectivity index (χ0n) is 9.55. The lowest BCUT2D eigenvalue weighted by Crippen LogP contribution is -2.55. The molecule has 0 saturated carbocycles. The van der Waals surface area contributed by atoms with Crippen molar-refractivity contribution in [1.29, 1.82) is 5.26 Å². The number of nitrogens with one attached hydrogen (secondary N) is 1. The van der Waals surface area contributed by atoms with Gasteiger partial charge in [-0.15, -0.1) is 0 Å². The third-order valence-corrected chi connectivity index (χ3v) is 2.97. The first-order chi connectivity index (χ1) is 8.61. The van der Waals surface area contributed by atoms with Crippen LogP contribution in [0.5, 0.6) is 0 Å². The summed E-state index contributed by atoms with van der Waals surface area (Å²) in [6.45, 7) is 0.499. The van der Waals surface area contributed by atoms with E-state index in [1.165, 1.54) is 18.2 Å². The summed E-state index contributed by atoms with van der Waals surface area (Å²) in [5, 5.41) is 19.5. The summed E-state index contributed by atoms with van der Waals surface area (Å²) < 4.78 is 39.0. The highest BCUT2D eigenvalue weighted by Gasteiger charge is 2.57. The van der Waals surface area contributed by atoms with Crippen LogP contribution in [0.2, 0.25) is 0 Å². The zero-order valence-corrected chi connectivity index (χ0v) is 11.1. The van der Waals surface area contributed by atoms with E-state index in [9.17, 15) is 18.0 Å². The van der Waals surface area contributed by atoms with E-state index in [0.717, 1.165) is 0 Å². The zero-order chi connectivity index (χ0) is 14.8. The molecule has 8 heteroatoms. The Bertz CT molecular complexity index is 554. The summed E-state index contributed by atoms with van der Waals surface area (Å²) in [5.74, 6) is -2.08. The lowest BCUT2D eigenvalue weighted by atomic mass is 10.0. The van der Waals surface area contributed by atoms with Crippen LogP contribution in [0.25, 0.3) is 0 Å². The fourth-order valence-electron chi connectivity index (χ4n) is 1.23. The number of carboxylic acid groups (broad SMARTS) is 1. The number of hydrogen-bond acceptors (Lipinski definition) is 3. The molecule has 0 fully saturated rings. The average molecular weight is 337 g/mol. The molecule has 0 spiro atoms. The van der Waals surface area contributed by atoms with E-state index in [2.05, 4.69) is 15.9 Å². The van der Waals surface area contributed by atoms with E-state index in [0.29, 0.717) is 11.4 Å². The number of benzene rings is 1. The molecule has 0 aromatic heterocycles. The molecule has 2 N–H and O–H groups in total. The fraction of sp³-hybridized carbons (Fsp3) is 0.273. The first-order valence-electron chi connectivity index (χ1n) is 4.90. The molecule has 0 radical (unpaired) electrons. The van der Waals surface area contributed by atoms with Crippen molar-refractivity contribution < 1.29 is 23.1 Å². The van der Waals surface area contributed by atoms with Gasteiger partial charge in [0.05, 0.1) is 11.3 Å². The molecule has 0 aliphatic heterocycles. The highest BCUT2D eigenvalue weighted by atomic mass is 79.9. The number of anilines is 1. The van der Waals surface area contributed by atoms with Crippen LogP contribution in [0.3, 0.4) is 0 Å². The van der Waals surface area contributed by atoms with Crippen molar-refractivity contribution in [1.82, 2.24) is 0 Å². The van der Waals surface area contributed by atoms with Gasteiger partial charge in [-0.05, 0) is 25.1 Å². The predicted octanol–water partition coefficient (Wildman–Crippen LogP) is 3.14. The number of carboxylic acids is 1. The summed E-state index contributed by atoms with van der Waals surface area (Å²) in [4.78, 5) is 10.9. The van der Waals surface area contributed by atoms with E-state index in [-0.39, 0.29) is 11.3 Å². The topological polar surface area (TPSA) is 73.1 Å². The number of rotatable bonds is 3. The van der Waals surface area contributed by atoms with Crippen LogP contribution < -0.4 is 5.32 Å². The third-order valence-electron chi connectivity index (χ3n) is 2.48. The summed E-state index contributed by atoms with van der Waals surface area (Å²) >= 11 is 3.07. The maximum absolute atomic E-state index is 12.8. The maximum Gasteiger partial charge on any atom is 0.422 e. The molecule has 0 aliphatic rings. The SMILES string of the molecule is CC(Nc1ccc(Br)cc1C#N)(C(=O)O)C(F)(F)F. The van der Waals surface area contributed by atoms with E-state index in [4.69, 9.17) is 10.4 Å². The van der Waals surface area contributed by atoms with Crippen molar-refractivity contribution in [3.63, 3.8) is 0 Å². The minimum absolute atomic E-state index is 0.0916. The number of nitrogens with zero attached hydrogens (tertiary/aromatic N) is 1. The monoisotopic (exact) mass is 336 g/mol. The van der Waals surface area contributed by atoms with Crippen LogP contribution >= 0.6 is 15.9 Å². The molecular weight excluding hydrogens is 329 g/mol. The number of aliphatic carboxylic acids is 1. The van der Waals surface area contributed by atoms with Crippen LogP contribution in [-0.4, -0.2) is 22.8 Å². The van der Waals surface area contributed by atoms with Crippen LogP contribution in [0, 0.1) is 11.3 Å². The van der Waals surface area contributed by atoms with Gasteiger partial charge in [0.1, 0.15) is 6.07 Å². The number of carbonyl (C=O) groups is 1. The van der Waals surface area contributed by atoms with Crippen LogP contribution in [-0.2, 0) is 4.79 Å². The van der Waals surface area contributed by atoms with Gasteiger partial charge in [-0.2, -0.15) is 18.4 Å². The quantitative estimate of drug-likeness (QED) is 0.889. The number of hydrogen-bond donors (Lipinski definition) is 2. The molecule has 1 atom stereocenters. The standard InChI is InChI=1S/C11H8BrF3N2O2/c1-10(9(18)19,11(13,14)15)17-8-3-2-7(12)4-6(8)5-16/h2-4,17H,1H3,(H,18,19).